The molecular formula is C13H29NO2Si. The molecule has 1 unspecified atom stereocenters. The van der Waals surface area contributed by atoms with Gasteiger partial charge in [-0.2, -0.15) is 0 Å². The van der Waals surface area contributed by atoms with Crippen LogP contribution in [0.1, 0.15) is 47.0 Å². The molecule has 0 amide bonds. The van der Waals surface area contributed by atoms with Crippen molar-refractivity contribution in [2.45, 2.75) is 82.8 Å². The maximum Gasteiger partial charge on any atom is 0.192 e. The second-order valence-electron chi connectivity index (χ2n) is 7.18. The zero-order chi connectivity index (χ0) is 13.5. The van der Waals surface area contributed by atoms with Crippen LogP contribution in [0.15, 0.2) is 0 Å². The normalized spacial score (nSPS) is 36.0. The van der Waals surface area contributed by atoms with Gasteiger partial charge in [0.1, 0.15) is 0 Å². The van der Waals surface area contributed by atoms with E-state index in [1.165, 1.54) is 0 Å². The summed E-state index contributed by atoms with van der Waals surface area (Å²) in [6, 6.07) is -0.140. The van der Waals surface area contributed by atoms with Crippen molar-refractivity contribution in [2.75, 3.05) is 0 Å². The standard InChI is InChI=1S/C13H29NO2Si/c1-12(2,3)17(5,6)16-13(4)9-7-8-10(14)11(13)15/h10-11,15H,7-9,14H2,1-6H3/t10?,11-,13-/m1/s1. The lowest BCUT2D eigenvalue weighted by molar-refractivity contribution is -0.0854. The van der Waals surface area contributed by atoms with Crippen LogP contribution in [0.25, 0.3) is 0 Å². The molecule has 0 aromatic rings. The first-order chi connectivity index (χ1) is 7.50. The van der Waals surface area contributed by atoms with Crippen LogP contribution in [0.4, 0.5) is 0 Å². The lowest BCUT2D eigenvalue weighted by Crippen LogP contribution is -2.60. The van der Waals surface area contributed by atoms with Crippen LogP contribution in [0.5, 0.6) is 0 Å². The lowest BCUT2D eigenvalue weighted by Gasteiger charge is -2.49. The van der Waals surface area contributed by atoms with E-state index in [0.29, 0.717) is 0 Å². The second-order valence-corrected chi connectivity index (χ2v) is 11.9. The molecule has 1 rings (SSSR count). The Labute approximate surface area is 107 Å². The van der Waals surface area contributed by atoms with Gasteiger partial charge in [0.2, 0.25) is 0 Å². The Morgan fingerprint density at radius 3 is 2.35 bits per heavy atom. The summed E-state index contributed by atoms with van der Waals surface area (Å²) in [5, 5.41) is 10.5. The van der Waals surface area contributed by atoms with Crippen molar-refractivity contribution < 1.29 is 9.53 Å². The van der Waals surface area contributed by atoms with Crippen LogP contribution in [-0.4, -0.2) is 31.2 Å². The highest BCUT2D eigenvalue weighted by Gasteiger charge is 2.48. The van der Waals surface area contributed by atoms with Gasteiger partial charge in [-0.15, -0.1) is 0 Å². The molecule has 0 spiro atoms. The van der Waals surface area contributed by atoms with Crippen LogP contribution >= 0.6 is 0 Å². The van der Waals surface area contributed by atoms with Gasteiger partial charge in [-0.1, -0.05) is 20.8 Å². The number of rotatable bonds is 2. The Morgan fingerprint density at radius 1 is 1.35 bits per heavy atom. The summed E-state index contributed by atoms with van der Waals surface area (Å²) in [6.45, 7) is 13.1. The van der Waals surface area contributed by atoms with Crippen LogP contribution < -0.4 is 5.73 Å². The third-order valence-corrected chi connectivity index (χ3v) is 9.13. The third-order valence-electron chi connectivity index (χ3n) is 4.54. The fraction of sp³-hybridized carbons (Fsp3) is 1.00. The molecule has 0 radical (unpaired) electrons. The fourth-order valence-electron chi connectivity index (χ4n) is 2.29. The highest BCUT2D eigenvalue weighted by atomic mass is 28.4. The van der Waals surface area contributed by atoms with Gasteiger partial charge >= 0.3 is 0 Å². The van der Waals surface area contributed by atoms with Gasteiger partial charge < -0.3 is 15.3 Å². The van der Waals surface area contributed by atoms with Crippen molar-refractivity contribution in [3.05, 3.63) is 0 Å². The molecule has 3 nitrogen and oxygen atoms in total. The van der Waals surface area contributed by atoms with E-state index in [-0.39, 0.29) is 11.1 Å². The van der Waals surface area contributed by atoms with E-state index in [2.05, 4.69) is 33.9 Å². The number of aliphatic hydroxyl groups is 1. The molecule has 1 saturated carbocycles. The first kappa shape index (κ1) is 15.2. The Hall–Kier alpha value is 0.0969. The van der Waals surface area contributed by atoms with Gasteiger partial charge in [0.15, 0.2) is 8.32 Å². The smallest absolute Gasteiger partial charge is 0.192 e. The van der Waals surface area contributed by atoms with E-state index < -0.39 is 20.0 Å². The van der Waals surface area contributed by atoms with Crippen molar-refractivity contribution in [3.8, 4) is 0 Å². The molecule has 0 heterocycles. The molecule has 4 heteroatoms. The third kappa shape index (κ3) is 3.11. The van der Waals surface area contributed by atoms with E-state index in [1.807, 2.05) is 6.92 Å². The molecular weight excluding hydrogens is 230 g/mol. The summed E-state index contributed by atoms with van der Waals surface area (Å²) in [6.07, 6.45) is 2.32. The first-order valence-electron chi connectivity index (χ1n) is 6.63. The predicted molar refractivity (Wildman–Crippen MR) is 74.5 cm³/mol. The molecule has 0 bridgehead atoms. The highest BCUT2D eigenvalue weighted by molar-refractivity contribution is 6.74. The van der Waals surface area contributed by atoms with Crippen molar-refractivity contribution in [1.82, 2.24) is 0 Å². The Bertz CT molecular complexity index is 275. The van der Waals surface area contributed by atoms with Crippen LogP contribution in [-0.2, 0) is 4.43 Å². The average Bonchev–Trinajstić information content (AvgIpc) is 2.11. The molecule has 1 fully saturated rings. The van der Waals surface area contributed by atoms with E-state index in [4.69, 9.17) is 10.2 Å². The highest BCUT2D eigenvalue weighted by Crippen LogP contribution is 2.42. The Kier molecular flexibility index (Phi) is 4.14. The predicted octanol–water partition coefficient (Wildman–Crippen LogP) is 2.64. The molecule has 1 aliphatic rings. The van der Waals surface area contributed by atoms with Gasteiger partial charge in [0.05, 0.1) is 11.7 Å². The largest absolute Gasteiger partial charge is 0.409 e. The SMILES string of the molecule is CC(C)(C)[Si](C)(C)O[C@]1(C)CCCC(N)[C@H]1O. The molecule has 0 aromatic carbocycles. The van der Waals surface area contributed by atoms with Crippen LogP contribution in [0, 0.1) is 0 Å². The Balaban J connectivity index is 2.85. The van der Waals surface area contributed by atoms with Crippen molar-refractivity contribution >= 4 is 8.32 Å². The summed E-state index contributed by atoms with van der Waals surface area (Å²) in [5.74, 6) is 0. The van der Waals surface area contributed by atoms with Gasteiger partial charge in [-0.3, -0.25) is 0 Å². The summed E-state index contributed by atoms with van der Waals surface area (Å²) in [4.78, 5) is 0. The molecule has 102 valence electrons. The van der Waals surface area contributed by atoms with Gasteiger partial charge in [-0.25, -0.2) is 0 Å². The topological polar surface area (TPSA) is 55.5 Å². The number of nitrogens with two attached hydrogens (primary N) is 1. The second kappa shape index (κ2) is 4.65. The van der Waals surface area contributed by atoms with E-state index in [9.17, 15) is 5.11 Å². The minimum atomic E-state index is -1.85. The zero-order valence-electron chi connectivity index (χ0n) is 12.2. The molecule has 1 aliphatic carbocycles. The van der Waals surface area contributed by atoms with Crippen molar-refractivity contribution in [1.29, 1.82) is 0 Å². The maximum absolute atomic E-state index is 10.3. The van der Waals surface area contributed by atoms with E-state index in [0.717, 1.165) is 19.3 Å². The van der Waals surface area contributed by atoms with Crippen LogP contribution in [0.3, 0.4) is 0 Å². The van der Waals surface area contributed by atoms with E-state index >= 15 is 0 Å². The summed E-state index contributed by atoms with van der Waals surface area (Å²) in [5.41, 5.74) is 5.51. The monoisotopic (exact) mass is 259 g/mol. The zero-order valence-corrected chi connectivity index (χ0v) is 13.2. The quantitative estimate of drug-likeness (QED) is 0.750. The van der Waals surface area contributed by atoms with Crippen molar-refractivity contribution in [3.63, 3.8) is 0 Å². The molecule has 0 saturated heterocycles. The Morgan fingerprint density at radius 2 is 1.88 bits per heavy atom. The minimum Gasteiger partial charge on any atom is -0.409 e. The summed E-state index contributed by atoms with van der Waals surface area (Å²) >= 11 is 0. The van der Waals surface area contributed by atoms with Gasteiger partial charge in [0.25, 0.3) is 0 Å². The van der Waals surface area contributed by atoms with Gasteiger partial charge in [0, 0.05) is 6.04 Å². The summed E-state index contributed by atoms with van der Waals surface area (Å²) < 4.78 is 6.42. The fourth-order valence-corrected chi connectivity index (χ4v) is 3.99. The summed E-state index contributed by atoms with van der Waals surface area (Å²) in [7, 11) is -1.85. The maximum atomic E-state index is 10.3. The number of hydrogen-bond acceptors (Lipinski definition) is 3. The number of aliphatic hydroxyl groups excluding tert-OH is 1. The molecule has 0 aromatic heterocycles. The molecule has 0 aliphatic heterocycles. The van der Waals surface area contributed by atoms with Crippen molar-refractivity contribution in [2.24, 2.45) is 5.73 Å². The molecule has 3 N–H and O–H groups in total. The minimum absolute atomic E-state index is 0.140. The van der Waals surface area contributed by atoms with Gasteiger partial charge in [-0.05, 0) is 44.3 Å². The lowest BCUT2D eigenvalue weighted by atomic mass is 9.81. The average molecular weight is 259 g/mol. The molecule has 3 atom stereocenters. The van der Waals surface area contributed by atoms with Crippen LogP contribution in [0.2, 0.25) is 18.1 Å². The molecule has 17 heavy (non-hydrogen) atoms. The first-order valence-corrected chi connectivity index (χ1v) is 9.54. The number of hydrogen-bond donors (Lipinski definition) is 2. The van der Waals surface area contributed by atoms with E-state index in [1.54, 1.807) is 0 Å².